The number of anilines is 3. The molecule has 0 unspecified atom stereocenters. The van der Waals surface area contributed by atoms with Gasteiger partial charge in [0.05, 0.1) is 16.7 Å². The Kier molecular flexibility index (Phi) is 5.65. The second kappa shape index (κ2) is 10.0. The SMILES string of the molecule is c1ccc(-n2c3ccccc3c3ccc(N(c4ccc5sc6ccccc6c5c4)c4cccc5sc6ccccc6c45)cc32)cc1. The van der Waals surface area contributed by atoms with Crippen molar-refractivity contribution in [3.8, 4) is 5.69 Å². The van der Waals surface area contributed by atoms with Crippen molar-refractivity contribution in [3.63, 3.8) is 0 Å². The number of rotatable bonds is 4. The van der Waals surface area contributed by atoms with Gasteiger partial charge in [0.2, 0.25) is 0 Å². The van der Waals surface area contributed by atoms with Gasteiger partial charge in [0.15, 0.2) is 0 Å². The third-order valence-corrected chi connectivity index (χ3v) is 11.5. The third-order valence-electron chi connectivity index (χ3n) is 9.17. The number of thiophene rings is 2. The number of hydrogen-bond donors (Lipinski definition) is 0. The maximum Gasteiger partial charge on any atom is 0.0561 e. The molecule has 0 radical (unpaired) electrons. The van der Waals surface area contributed by atoms with Gasteiger partial charge in [-0.2, -0.15) is 0 Å². The van der Waals surface area contributed by atoms with Crippen LogP contribution in [-0.2, 0) is 0 Å². The monoisotopic (exact) mass is 622 g/mol. The van der Waals surface area contributed by atoms with Crippen molar-refractivity contribution in [1.82, 2.24) is 4.57 Å². The molecule has 0 saturated carbocycles. The first-order valence-corrected chi connectivity index (χ1v) is 17.2. The Morgan fingerprint density at radius 1 is 0.391 bits per heavy atom. The van der Waals surface area contributed by atoms with Crippen molar-refractivity contribution >= 4 is 102 Å². The van der Waals surface area contributed by atoms with E-state index < -0.39 is 0 Å². The van der Waals surface area contributed by atoms with Crippen LogP contribution in [0.2, 0.25) is 0 Å². The first-order valence-electron chi connectivity index (χ1n) is 15.5. The molecule has 0 fully saturated rings. The second-order valence-corrected chi connectivity index (χ2v) is 13.9. The minimum atomic E-state index is 1.13. The van der Waals surface area contributed by atoms with Gasteiger partial charge in [0, 0.05) is 68.2 Å². The molecule has 7 aromatic carbocycles. The molecular weight excluding hydrogens is 597 g/mol. The lowest BCUT2D eigenvalue weighted by molar-refractivity contribution is 1.18. The maximum atomic E-state index is 2.47. The number of para-hydroxylation sites is 2. The molecule has 216 valence electrons. The van der Waals surface area contributed by atoms with E-state index in [0.29, 0.717) is 0 Å². The molecule has 0 aliphatic rings. The quantitative estimate of drug-likeness (QED) is 0.190. The van der Waals surface area contributed by atoms with Crippen molar-refractivity contribution in [1.29, 1.82) is 0 Å². The fourth-order valence-corrected chi connectivity index (χ4v) is 9.39. The van der Waals surface area contributed by atoms with E-state index in [9.17, 15) is 0 Å². The molecule has 3 aromatic heterocycles. The molecule has 2 nitrogen and oxygen atoms in total. The molecule has 10 rings (SSSR count). The largest absolute Gasteiger partial charge is 0.310 e. The lowest BCUT2D eigenvalue weighted by atomic mass is 10.1. The molecule has 0 N–H and O–H groups in total. The summed E-state index contributed by atoms with van der Waals surface area (Å²) in [6.07, 6.45) is 0. The van der Waals surface area contributed by atoms with Crippen molar-refractivity contribution in [2.75, 3.05) is 4.90 Å². The maximum absolute atomic E-state index is 2.47. The van der Waals surface area contributed by atoms with Gasteiger partial charge in [0.25, 0.3) is 0 Å². The average Bonchev–Trinajstić information content (AvgIpc) is 3.78. The second-order valence-electron chi connectivity index (χ2n) is 11.8. The van der Waals surface area contributed by atoms with Gasteiger partial charge in [-0.15, -0.1) is 22.7 Å². The van der Waals surface area contributed by atoms with Crippen LogP contribution in [0.25, 0.3) is 67.8 Å². The van der Waals surface area contributed by atoms with E-state index in [1.54, 1.807) is 0 Å². The zero-order valence-electron chi connectivity index (χ0n) is 24.7. The smallest absolute Gasteiger partial charge is 0.0561 e. The van der Waals surface area contributed by atoms with E-state index in [0.717, 1.165) is 17.1 Å². The Morgan fingerprint density at radius 2 is 1.00 bits per heavy atom. The third kappa shape index (κ3) is 3.81. The van der Waals surface area contributed by atoms with Gasteiger partial charge in [-0.25, -0.2) is 0 Å². The minimum Gasteiger partial charge on any atom is -0.310 e. The highest BCUT2D eigenvalue weighted by atomic mass is 32.1. The molecule has 0 atom stereocenters. The van der Waals surface area contributed by atoms with Gasteiger partial charge in [-0.3, -0.25) is 0 Å². The van der Waals surface area contributed by atoms with E-state index >= 15 is 0 Å². The van der Waals surface area contributed by atoms with Crippen molar-refractivity contribution in [2.24, 2.45) is 0 Å². The van der Waals surface area contributed by atoms with Crippen molar-refractivity contribution in [2.45, 2.75) is 0 Å². The summed E-state index contributed by atoms with van der Waals surface area (Å²) in [5.74, 6) is 0. The summed E-state index contributed by atoms with van der Waals surface area (Å²) in [5.41, 5.74) is 7.04. The summed E-state index contributed by atoms with van der Waals surface area (Å²) in [5, 5.41) is 7.71. The summed E-state index contributed by atoms with van der Waals surface area (Å²) < 4.78 is 7.64. The summed E-state index contributed by atoms with van der Waals surface area (Å²) in [6, 6.07) is 57.7. The number of fused-ring (bicyclic) bond motifs is 9. The first kappa shape index (κ1) is 25.9. The van der Waals surface area contributed by atoms with Crippen LogP contribution in [0.3, 0.4) is 0 Å². The zero-order chi connectivity index (χ0) is 30.2. The molecular formula is C42H26N2S2. The van der Waals surface area contributed by atoms with Crippen LogP contribution < -0.4 is 4.90 Å². The van der Waals surface area contributed by atoms with Crippen LogP contribution in [0.4, 0.5) is 17.1 Å². The fraction of sp³-hybridized carbons (Fsp3) is 0. The molecule has 4 heteroatoms. The first-order chi connectivity index (χ1) is 22.8. The van der Waals surface area contributed by atoms with Crippen LogP contribution in [0.5, 0.6) is 0 Å². The van der Waals surface area contributed by atoms with E-state index in [2.05, 4.69) is 167 Å². The number of hydrogen-bond acceptors (Lipinski definition) is 3. The van der Waals surface area contributed by atoms with Crippen LogP contribution in [-0.4, -0.2) is 4.57 Å². The number of aromatic nitrogens is 1. The fourth-order valence-electron chi connectivity index (χ4n) is 7.18. The summed E-state index contributed by atoms with van der Waals surface area (Å²) in [6.45, 7) is 0. The Bertz CT molecular complexity index is 2770. The molecule has 0 spiro atoms. The lowest BCUT2D eigenvalue weighted by Gasteiger charge is -2.27. The highest BCUT2D eigenvalue weighted by Gasteiger charge is 2.21. The number of nitrogens with zero attached hydrogens (tertiary/aromatic N) is 2. The normalized spacial score (nSPS) is 11.9. The van der Waals surface area contributed by atoms with Gasteiger partial charge >= 0.3 is 0 Å². The summed E-state index contributed by atoms with van der Waals surface area (Å²) in [4.78, 5) is 2.47. The molecule has 3 heterocycles. The topological polar surface area (TPSA) is 8.17 Å². The Hall–Kier alpha value is -5.42. The van der Waals surface area contributed by atoms with E-state index in [1.807, 2.05) is 22.7 Å². The zero-order valence-corrected chi connectivity index (χ0v) is 26.4. The summed E-state index contributed by atoms with van der Waals surface area (Å²) in [7, 11) is 0. The molecule has 46 heavy (non-hydrogen) atoms. The van der Waals surface area contributed by atoms with Gasteiger partial charge in [0.1, 0.15) is 0 Å². The van der Waals surface area contributed by atoms with Gasteiger partial charge in [-0.1, -0.05) is 84.9 Å². The van der Waals surface area contributed by atoms with Gasteiger partial charge < -0.3 is 9.47 Å². The molecule has 10 aromatic rings. The van der Waals surface area contributed by atoms with Crippen LogP contribution in [0.1, 0.15) is 0 Å². The highest BCUT2D eigenvalue weighted by Crippen LogP contribution is 2.47. The van der Waals surface area contributed by atoms with Crippen LogP contribution in [0, 0.1) is 0 Å². The predicted molar refractivity (Wildman–Crippen MR) is 201 cm³/mol. The van der Waals surface area contributed by atoms with Crippen LogP contribution >= 0.6 is 22.7 Å². The average molecular weight is 623 g/mol. The molecule has 0 amide bonds. The number of benzene rings is 7. The van der Waals surface area contributed by atoms with Crippen molar-refractivity contribution < 1.29 is 0 Å². The molecule has 0 saturated heterocycles. The van der Waals surface area contributed by atoms with E-state index in [1.165, 1.54) is 67.8 Å². The molecule has 0 bridgehead atoms. The highest BCUT2D eigenvalue weighted by molar-refractivity contribution is 7.26. The predicted octanol–water partition coefficient (Wildman–Crippen LogP) is 13.0. The van der Waals surface area contributed by atoms with Crippen molar-refractivity contribution in [3.05, 3.63) is 158 Å². The Balaban J connectivity index is 1.30. The van der Waals surface area contributed by atoms with E-state index in [-0.39, 0.29) is 0 Å². The standard InChI is InChI=1S/C42H26N2S2/c1-2-11-27(12-3-1)44-35-16-7-4-13-30(35)31-23-21-29(26-37(31)44)43(28-22-24-40-34(25-28)32-14-5-8-18-38(32)45-40)36-17-10-20-41-42(36)33-15-6-9-19-39(33)46-41/h1-26H. The van der Waals surface area contributed by atoms with E-state index in [4.69, 9.17) is 0 Å². The minimum absolute atomic E-state index is 1.13. The molecule has 0 aliphatic heterocycles. The van der Waals surface area contributed by atoms with Gasteiger partial charge in [-0.05, 0) is 72.8 Å². The van der Waals surface area contributed by atoms with Crippen LogP contribution in [0.15, 0.2) is 158 Å². The lowest BCUT2D eigenvalue weighted by Crippen LogP contribution is -2.10. The molecule has 0 aliphatic carbocycles. The summed E-state index contributed by atoms with van der Waals surface area (Å²) >= 11 is 3.73. The Labute approximate surface area is 273 Å². The Morgan fingerprint density at radius 3 is 1.87 bits per heavy atom.